The Labute approximate surface area is 125 Å². The second kappa shape index (κ2) is 8.26. The van der Waals surface area contributed by atoms with Gasteiger partial charge in [0.1, 0.15) is 0 Å². The van der Waals surface area contributed by atoms with Crippen LogP contribution in [-0.2, 0) is 9.53 Å². The lowest BCUT2D eigenvalue weighted by Crippen LogP contribution is -2.38. The van der Waals surface area contributed by atoms with E-state index >= 15 is 0 Å². The normalized spacial score (nSPS) is 10.2. The molecule has 116 valence electrons. The van der Waals surface area contributed by atoms with Crippen LogP contribution in [0.3, 0.4) is 0 Å². The summed E-state index contributed by atoms with van der Waals surface area (Å²) in [6.45, 7) is 3.00. The number of likely N-dealkylation sites (N-methyl/N-ethyl adjacent to an activating group) is 1. The van der Waals surface area contributed by atoms with E-state index in [-0.39, 0.29) is 18.4 Å². The van der Waals surface area contributed by atoms with Gasteiger partial charge in [-0.2, -0.15) is 0 Å². The second-order valence-corrected chi connectivity index (χ2v) is 4.93. The Bertz CT molecular complexity index is 503. The van der Waals surface area contributed by atoms with E-state index in [4.69, 9.17) is 10.5 Å². The molecule has 0 saturated heterocycles. The summed E-state index contributed by atoms with van der Waals surface area (Å²) in [6.07, 6.45) is 0.747. The second-order valence-electron chi connectivity index (χ2n) is 4.93. The average molecular weight is 293 g/mol. The summed E-state index contributed by atoms with van der Waals surface area (Å²) >= 11 is 0. The predicted molar refractivity (Wildman–Crippen MR) is 82.1 cm³/mol. The van der Waals surface area contributed by atoms with Crippen molar-refractivity contribution in [3.63, 3.8) is 0 Å². The smallest absolute Gasteiger partial charge is 0.254 e. The van der Waals surface area contributed by atoms with Gasteiger partial charge in [-0.3, -0.25) is 9.59 Å². The van der Waals surface area contributed by atoms with Crippen molar-refractivity contribution < 1.29 is 14.3 Å². The van der Waals surface area contributed by atoms with Crippen LogP contribution in [0.5, 0.6) is 0 Å². The first-order chi connectivity index (χ1) is 9.95. The van der Waals surface area contributed by atoms with E-state index < -0.39 is 0 Å². The van der Waals surface area contributed by atoms with Gasteiger partial charge in [-0.15, -0.1) is 0 Å². The predicted octanol–water partition coefficient (Wildman–Crippen LogP) is 0.802. The number of nitrogens with zero attached hydrogens (tertiary/aromatic N) is 1. The van der Waals surface area contributed by atoms with Crippen LogP contribution in [0, 0.1) is 6.92 Å². The number of hydrogen-bond donors (Lipinski definition) is 2. The van der Waals surface area contributed by atoms with Gasteiger partial charge in [0, 0.05) is 38.6 Å². The molecule has 0 heterocycles. The zero-order chi connectivity index (χ0) is 15.8. The van der Waals surface area contributed by atoms with Crippen molar-refractivity contribution in [3.8, 4) is 0 Å². The summed E-state index contributed by atoms with van der Waals surface area (Å²) in [7, 11) is 3.21. The first-order valence-electron chi connectivity index (χ1n) is 6.83. The summed E-state index contributed by atoms with van der Waals surface area (Å²) in [5, 5.41) is 2.74. The Morgan fingerprint density at radius 2 is 2.10 bits per heavy atom. The van der Waals surface area contributed by atoms with Gasteiger partial charge >= 0.3 is 0 Å². The van der Waals surface area contributed by atoms with E-state index in [1.165, 1.54) is 4.90 Å². The summed E-state index contributed by atoms with van der Waals surface area (Å²) in [5.74, 6) is -0.390. The van der Waals surface area contributed by atoms with Gasteiger partial charge in [-0.05, 0) is 37.1 Å². The standard InChI is InChI=1S/C15H23N3O3/c1-11-9-12(5-6-13(11)16)15(20)18(2)10-14(19)17-7-4-8-21-3/h5-6,9H,4,7-8,10,16H2,1-3H3,(H,17,19). The first kappa shape index (κ1) is 17.0. The van der Waals surface area contributed by atoms with Crippen molar-refractivity contribution >= 4 is 17.5 Å². The van der Waals surface area contributed by atoms with Crippen LogP contribution in [-0.4, -0.2) is 50.6 Å². The topological polar surface area (TPSA) is 84.7 Å². The van der Waals surface area contributed by atoms with Gasteiger partial charge in [-0.25, -0.2) is 0 Å². The Balaban J connectivity index is 2.50. The van der Waals surface area contributed by atoms with E-state index in [2.05, 4.69) is 5.32 Å². The number of nitrogen functional groups attached to an aromatic ring is 1. The number of carbonyl (C=O) groups excluding carboxylic acids is 2. The van der Waals surface area contributed by atoms with Crippen LogP contribution in [0.15, 0.2) is 18.2 Å². The average Bonchev–Trinajstić information content (AvgIpc) is 2.45. The third-order valence-electron chi connectivity index (χ3n) is 3.09. The lowest BCUT2D eigenvalue weighted by Gasteiger charge is -2.17. The van der Waals surface area contributed by atoms with E-state index in [1.54, 1.807) is 32.4 Å². The number of rotatable bonds is 7. The van der Waals surface area contributed by atoms with E-state index in [9.17, 15) is 9.59 Å². The van der Waals surface area contributed by atoms with Crippen LogP contribution in [0.25, 0.3) is 0 Å². The molecule has 0 atom stereocenters. The van der Waals surface area contributed by atoms with Crippen molar-refractivity contribution in [1.29, 1.82) is 0 Å². The molecule has 6 nitrogen and oxygen atoms in total. The highest BCUT2D eigenvalue weighted by molar-refractivity contribution is 5.96. The molecule has 0 aliphatic heterocycles. The van der Waals surface area contributed by atoms with Crippen LogP contribution in [0.2, 0.25) is 0 Å². The van der Waals surface area contributed by atoms with Crippen molar-refractivity contribution in [3.05, 3.63) is 29.3 Å². The number of nitrogens with two attached hydrogens (primary N) is 1. The maximum Gasteiger partial charge on any atom is 0.254 e. The minimum atomic E-state index is -0.204. The van der Waals surface area contributed by atoms with Crippen LogP contribution in [0.4, 0.5) is 5.69 Å². The Hall–Kier alpha value is -2.08. The summed E-state index contributed by atoms with van der Waals surface area (Å²) < 4.78 is 4.90. The van der Waals surface area contributed by atoms with Gasteiger partial charge in [0.05, 0.1) is 6.54 Å². The highest BCUT2D eigenvalue weighted by Gasteiger charge is 2.15. The van der Waals surface area contributed by atoms with Crippen LogP contribution < -0.4 is 11.1 Å². The quantitative estimate of drug-likeness (QED) is 0.575. The highest BCUT2D eigenvalue weighted by atomic mass is 16.5. The number of benzene rings is 1. The fourth-order valence-corrected chi connectivity index (χ4v) is 1.82. The number of amides is 2. The third-order valence-corrected chi connectivity index (χ3v) is 3.09. The Morgan fingerprint density at radius 1 is 1.38 bits per heavy atom. The maximum atomic E-state index is 12.2. The molecule has 1 rings (SSSR count). The molecule has 1 aromatic carbocycles. The SMILES string of the molecule is COCCCNC(=O)CN(C)C(=O)c1ccc(N)c(C)c1. The third kappa shape index (κ3) is 5.43. The number of ether oxygens (including phenoxy) is 1. The summed E-state index contributed by atoms with van der Waals surface area (Å²) in [6, 6.07) is 5.09. The minimum absolute atomic E-state index is 0.0231. The minimum Gasteiger partial charge on any atom is -0.399 e. The number of methoxy groups -OCH3 is 1. The van der Waals surface area contributed by atoms with Gasteiger partial charge in [0.2, 0.25) is 5.91 Å². The fourth-order valence-electron chi connectivity index (χ4n) is 1.82. The van der Waals surface area contributed by atoms with Crippen LogP contribution in [0.1, 0.15) is 22.3 Å². The fraction of sp³-hybridized carbons (Fsp3) is 0.467. The van der Waals surface area contributed by atoms with Gasteiger partial charge < -0.3 is 20.7 Å². The molecule has 0 radical (unpaired) electrons. The molecule has 0 aliphatic carbocycles. The molecule has 0 fully saturated rings. The number of aryl methyl sites for hydroxylation is 1. The van der Waals surface area contributed by atoms with Gasteiger partial charge in [-0.1, -0.05) is 0 Å². The van der Waals surface area contributed by atoms with E-state index in [0.717, 1.165) is 12.0 Å². The molecule has 21 heavy (non-hydrogen) atoms. The largest absolute Gasteiger partial charge is 0.399 e. The maximum absolute atomic E-state index is 12.2. The number of nitrogens with one attached hydrogen (secondary N) is 1. The molecule has 1 aromatic rings. The molecule has 2 amide bonds. The molecule has 0 saturated carbocycles. The lowest BCUT2D eigenvalue weighted by molar-refractivity contribution is -0.121. The van der Waals surface area contributed by atoms with Crippen molar-refractivity contribution in [1.82, 2.24) is 10.2 Å². The van der Waals surface area contributed by atoms with Gasteiger partial charge in [0.15, 0.2) is 0 Å². The summed E-state index contributed by atoms with van der Waals surface area (Å²) in [4.78, 5) is 25.3. The van der Waals surface area contributed by atoms with Gasteiger partial charge in [0.25, 0.3) is 5.91 Å². The molecule has 3 N–H and O–H groups in total. The van der Waals surface area contributed by atoms with Crippen molar-refractivity contribution in [2.75, 3.05) is 39.6 Å². The zero-order valence-corrected chi connectivity index (χ0v) is 12.8. The van der Waals surface area contributed by atoms with E-state index in [0.29, 0.717) is 24.4 Å². The molecule has 0 spiro atoms. The first-order valence-corrected chi connectivity index (χ1v) is 6.83. The molecular weight excluding hydrogens is 270 g/mol. The number of carbonyl (C=O) groups is 2. The van der Waals surface area contributed by atoms with Crippen molar-refractivity contribution in [2.45, 2.75) is 13.3 Å². The zero-order valence-electron chi connectivity index (χ0n) is 12.8. The molecule has 0 aliphatic rings. The van der Waals surface area contributed by atoms with Crippen LogP contribution >= 0.6 is 0 Å². The number of anilines is 1. The molecular formula is C15H23N3O3. The monoisotopic (exact) mass is 293 g/mol. The molecule has 0 aromatic heterocycles. The summed E-state index contributed by atoms with van der Waals surface area (Å²) in [5.41, 5.74) is 7.74. The lowest BCUT2D eigenvalue weighted by atomic mass is 10.1. The molecule has 0 unspecified atom stereocenters. The highest BCUT2D eigenvalue weighted by Crippen LogP contribution is 2.13. The molecule has 6 heteroatoms. The Kier molecular flexibility index (Phi) is 6.68. The number of hydrogen-bond acceptors (Lipinski definition) is 4. The molecule has 0 bridgehead atoms. The van der Waals surface area contributed by atoms with E-state index in [1.807, 2.05) is 6.92 Å². The Morgan fingerprint density at radius 3 is 2.71 bits per heavy atom. The van der Waals surface area contributed by atoms with Crippen molar-refractivity contribution in [2.24, 2.45) is 0 Å².